The molecular formula is C15H19N5OS. The van der Waals surface area contributed by atoms with Crippen LogP contribution < -0.4 is 10.6 Å². The number of amides is 1. The summed E-state index contributed by atoms with van der Waals surface area (Å²) in [5.74, 6) is 2.15. The summed E-state index contributed by atoms with van der Waals surface area (Å²) in [6.45, 7) is 1.14. The van der Waals surface area contributed by atoms with E-state index in [2.05, 4.69) is 10.2 Å². The van der Waals surface area contributed by atoms with Crippen LogP contribution in [0.2, 0.25) is 0 Å². The van der Waals surface area contributed by atoms with Crippen molar-refractivity contribution in [2.45, 2.75) is 18.1 Å². The van der Waals surface area contributed by atoms with Crippen molar-refractivity contribution in [2.24, 2.45) is 18.7 Å². The minimum absolute atomic E-state index is 0.192. The number of carbonyl (C=O) groups is 1. The number of anilines is 1. The Bertz CT molecular complexity index is 657. The van der Waals surface area contributed by atoms with Crippen molar-refractivity contribution in [1.29, 1.82) is 0 Å². The number of hydrogen-bond donors (Lipinski definition) is 1. The summed E-state index contributed by atoms with van der Waals surface area (Å²) in [5.41, 5.74) is 6.58. The Kier molecular flexibility index (Phi) is 4.44. The average Bonchev–Trinajstić information content (AvgIpc) is 3.09. The molecule has 116 valence electrons. The van der Waals surface area contributed by atoms with Gasteiger partial charge < -0.3 is 15.2 Å². The molecule has 0 spiro atoms. The van der Waals surface area contributed by atoms with Gasteiger partial charge >= 0.3 is 0 Å². The van der Waals surface area contributed by atoms with Crippen molar-refractivity contribution in [1.82, 2.24) is 14.8 Å². The molecule has 22 heavy (non-hydrogen) atoms. The predicted octanol–water partition coefficient (Wildman–Crippen LogP) is 1.42. The molecule has 1 aliphatic rings. The van der Waals surface area contributed by atoms with E-state index in [0.29, 0.717) is 18.9 Å². The lowest BCUT2D eigenvalue weighted by atomic mass is 10.1. The van der Waals surface area contributed by atoms with Gasteiger partial charge in [-0.15, -0.1) is 10.2 Å². The van der Waals surface area contributed by atoms with Crippen LogP contribution in [0.3, 0.4) is 0 Å². The van der Waals surface area contributed by atoms with Gasteiger partial charge in [0.25, 0.3) is 0 Å². The van der Waals surface area contributed by atoms with E-state index in [9.17, 15) is 4.79 Å². The highest BCUT2D eigenvalue weighted by molar-refractivity contribution is 7.99. The van der Waals surface area contributed by atoms with E-state index < -0.39 is 0 Å². The molecule has 1 saturated heterocycles. The van der Waals surface area contributed by atoms with E-state index in [1.165, 1.54) is 0 Å². The summed E-state index contributed by atoms with van der Waals surface area (Å²) >= 11 is 1.63. The lowest BCUT2D eigenvalue weighted by molar-refractivity contribution is -0.117. The van der Waals surface area contributed by atoms with Crippen molar-refractivity contribution in [2.75, 3.05) is 17.2 Å². The maximum Gasteiger partial charge on any atom is 0.227 e. The highest BCUT2D eigenvalue weighted by Crippen LogP contribution is 2.29. The molecule has 6 nitrogen and oxygen atoms in total. The predicted molar refractivity (Wildman–Crippen MR) is 86.5 cm³/mol. The van der Waals surface area contributed by atoms with E-state index in [4.69, 9.17) is 5.73 Å². The molecule has 2 N–H and O–H groups in total. The van der Waals surface area contributed by atoms with E-state index in [1.54, 1.807) is 11.8 Å². The van der Waals surface area contributed by atoms with E-state index in [0.717, 1.165) is 29.0 Å². The normalized spacial score (nSPS) is 18.2. The number of nitrogens with two attached hydrogens (primary N) is 1. The van der Waals surface area contributed by atoms with E-state index >= 15 is 0 Å². The molecule has 0 radical (unpaired) electrons. The number of carbonyl (C=O) groups excluding carboxylic acids is 1. The Hall–Kier alpha value is -1.86. The van der Waals surface area contributed by atoms with Gasteiger partial charge in [-0.1, -0.05) is 30.0 Å². The lowest BCUT2D eigenvalue weighted by Gasteiger charge is -2.16. The summed E-state index contributed by atoms with van der Waals surface area (Å²) < 4.78 is 1.91. The first-order valence-corrected chi connectivity index (χ1v) is 8.24. The summed E-state index contributed by atoms with van der Waals surface area (Å²) in [4.78, 5) is 14.0. The number of hydrogen-bond acceptors (Lipinski definition) is 5. The largest absolute Gasteiger partial charge is 0.324 e. The zero-order valence-electron chi connectivity index (χ0n) is 12.5. The Morgan fingerprint density at radius 3 is 2.77 bits per heavy atom. The Balaban J connectivity index is 1.61. The third-order valence-electron chi connectivity index (χ3n) is 3.83. The molecule has 1 atom stereocenters. The van der Waals surface area contributed by atoms with Crippen LogP contribution in [-0.2, 0) is 18.4 Å². The maximum atomic E-state index is 12.2. The molecule has 0 aliphatic carbocycles. The highest BCUT2D eigenvalue weighted by atomic mass is 32.2. The molecule has 1 amide bonds. The second-order valence-corrected chi connectivity index (χ2v) is 6.37. The van der Waals surface area contributed by atoms with E-state index in [1.807, 2.05) is 46.8 Å². The van der Waals surface area contributed by atoms with Crippen molar-refractivity contribution < 1.29 is 4.79 Å². The van der Waals surface area contributed by atoms with Gasteiger partial charge in [0.1, 0.15) is 5.82 Å². The number of rotatable bonds is 5. The summed E-state index contributed by atoms with van der Waals surface area (Å²) in [5, 5.41) is 9.04. The Labute approximate surface area is 133 Å². The molecule has 2 aromatic rings. The van der Waals surface area contributed by atoms with Crippen LogP contribution in [-0.4, -0.2) is 33.0 Å². The Morgan fingerprint density at radius 2 is 2.09 bits per heavy atom. The third-order valence-corrected chi connectivity index (χ3v) is 5.08. The van der Waals surface area contributed by atoms with Crippen LogP contribution >= 0.6 is 11.8 Å². The third kappa shape index (κ3) is 3.00. The molecule has 0 saturated carbocycles. The molecule has 7 heteroatoms. The van der Waals surface area contributed by atoms with Crippen LogP contribution in [0.25, 0.3) is 0 Å². The van der Waals surface area contributed by atoms with Gasteiger partial charge in [-0.3, -0.25) is 4.79 Å². The van der Waals surface area contributed by atoms with Gasteiger partial charge in [0.05, 0.1) is 6.54 Å². The molecule has 1 aromatic heterocycles. The van der Waals surface area contributed by atoms with Crippen LogP contribution in [0.15, 0.2) is 35.5 Å². The molecule has 0 unspecified atom stereocenters. The standard InChI is InChI=1S/C15H19N5OS/c1-19-13(8-16)17-18-15(19)22-10-11-7-14(21)20(9-11)12-5-3-2-4-6-12/h2-6,11H,7-10,16H2,1H3/t11-/m1/s1. The monoisotopic (exact) mass is 317 g/mol. The van der Waals surface area contributed by atoms with E-state index in [-0.39, 0.29) is 5.91 Å². The van der Waals surface area contributed by atoms with Gasteiger partial charge in [-0.25, -0.2) is 0 Å². The number of aromatic nitrogens is 3. The number of benzene rings is 1. The van der Waals surface area contributed by atoms with Crippen molar-refractivity contribution in [3.63, 3.8) is 0 Å². The summed E-state index contributed by atoms with van der Waals surface area (Å²) in [6, 6.07) is 9.82. The second-order valence-electron chi connectivity index (χ2n) is 5.38. The topological polar surface area (TPSA) is 77.0 Å². The molecule has 1 aliphatic heterocycles. The van der Waals surface area contributed by atoms with Gasteiger partial charge in [-0.05, 0) is 18.1 Å². The molecule has 2 heterocycles. The molecule has 3 rings (SSSR count). The number of para-hydroxylation sites is 1. The number of thioether (sulfide) groups is 1. The van der Waals surface area contributed by atoms with Crippen molar-refractivity contribution in [3.05, 3.63) is 36.2 Å². The van der Waals surface area contributed by atoms with Crippen LogP contribution in [0, 0.1) is 5.92 Å². The van der Waals surface area contributed by atoms with Gasteiger partial charge in [0, 0.05) is 31.5 Å². The first-order chi connectivity index (χ1) is 10.7. The van der Waals surface area contributed by atoms with Crippen LogP contribution in [0.4, 0.5) is 5.69 Å². The molecule has 0 bridgehead atoms. The quantitative estimate of drug-likeness (QED) is 0.844. The minimum atomic E-state index is 0.192. The van der Waals surface area contributed by atoms with Crippen molar-refractivity contribution in [3.8, 4) is 0 Å². The maximum absolute atomic E-state index is 12.2. The minimum Gasteiger partial charge on any atom is -0.324 e. The molecule has 1 fully saturated rings. The van der Waals surface area contributed by atoms with Gasteiger partial charge in [0.2, 0.25) is 5.91 Å². The SMILES string of the molecule is Cn1c(CN)nnc1SC[C@@H]1CC(=O)N(c2ccccc2)C1. The average molecular weight is 317 g/mol. The zero-order chi connectivity index (χ0) is 15.5. The fraction of sp³-hybridized carbons (Fsp3) is 0.400. The van der Waals surface area contributed by atoms with Crippen LogP contribution in [0.1, 0.15) is 12.2 Å². The summed E-state index contributed by atoms with van der Waals surface area (Å²) in [6.07, 6.45) is 0.587. The van der Waals surface area contributed by atoms with Gasteiger partial charge in [-0.2, -0.15) is 0 Å². The second kappa shape index (κ2) is 6.50. The zero-order valence-corrected chi connectivity index (χ0v) is 13.3. The lowest BCUT2D eigenvalue weighted by Crippen LogP contribution is -2.24. The Morgan fingerprint density at radius 1 is 1.32 bits per heavy atom. The highest BCUT2D eigenvalue weighted by Gasteiger charge is 2.30. The first kappa shape index (κ1) is 15.1. The first-order valence-electron chi connectivity index (χ1n) is 7.25. The summed E-state index contributed by atoms with van der Waals surface area (Å²) in [7, 11) is 1.92. The molecule has 1 aromatic carbocycles. The van der Waals surface area contributed by atoms with Crippen LogP contribution in [0.5, 0.6) is 0 Å². The fourth-order valence-electron chi connectivity index (χ4n) is 2.59. The van der Waals surface area contributed by atoms with Gasteiger partial charge in [0.15, 0.2) is 5.16 Å². The fourth-order valence-corrected chi connectivity index (χ4v) is 3.60. The van der Waals surface area contributed by atoms with Crippen molar-refractivity contribution >= 4 is 23.4 Å². The molecular weight excluding hydrogens is 298 g/mol. The smallest absolute Gasteiger partial charge is 0.227 e. The number of nitrogens with zero attached hydrogens (tertiary/aromatic N) is 4.